The molecule has 0 radical (unpaired) electrons. The number of aliphatic hydroxyl groups excluding tert-OH is 1. The minimum atomic E-state index is -0.708. The van der Waals surface area contributed by atoms with Crippen LogP contribution in [0.2, 0.25) is 0 Å². The lowest BCUT2D eigenvalue weighted by Gasteiger charge is -2.30. The molecule has 0 amide bonds. The molecule has 30 heavy (non-hydrogen) atoms. The predicted molar refractivity (Wildman–Crippen MR) is 133 cm³/mol. The summed E-state index contributed by atoms with van der Waals surface area (Å²) in [5.74, 6) is 2.85. The van der Waals surface area contributed by atoms with E-state index in [0.29, 0.717) is 11.5 Å². The average Bonchev–Trinajstić information content (AvgIpc) is 2.75. The third-order valence-corrected chi connectivity index (χ3v) is 5.38. The van der Waals surface area contributed by atoms with Gasteiger partial charge in [-0.1, -0.05) is 13.0 Å². The number of rotatable bonds is 10. The Balaban J connectivity index is 0.00000450. The fourth-order valence-electron chi connectivity index (χ4n) is 3.48. The number of aliphatic imine (C=N–C) groups is 1. The van der Waals surface area contributed by atoms with Crippen LogP contribution in [-0.4, -0.2) is 69.5 Å². The van der Waals surface area contributed by atoms with E-state index in [2.05, 4.69) is 27.4 Å². The Labute approximate surface area is 198 Å². The summed E-state index contributed by atoms with van der Waals surface area (Å²) < 4.78 is 10.6. The number of nitrogens with zero attached hydrogens (tertiary/aromatic N) is 2. The molecule has 172 valence electrons. The van der Waals surface area contributed by atoms with Crippen LogP contribution in [0.15, 0.2) is 23.2 Å². The summed E-state index contributed by atoms with van der Waals surface area (Å²) >= 11 is 0. The van der Waals surface area contributed by atoms with Crippen LogP contribution in [0.1, 0.15) is 44.8 Å². The minimum Gasteiger partial charge on any atom is -0.493 e. The molecule has 7 nitrogen and oxygen atoms in total. The van der Waals surface area contributed by atoms with E-state index in [0.717, 1.165) is 43.5 Å². The quantitative estimate of drug-likeness (QED) is 0.186. The second-order valence-electron chi connectivity index (χ2n) is 7.65. The lowest BCUT2D eigenvalue weighted by atomic mass is 9.99. The minimum absolute atomic E-state index is 0. The van der Waals surface area contributed by atoms with Crippen LogP contribution in [0.3, 0.4) is 0 Å². The molecule has 1 aliphatic rings. The second kappa shape index (κ2) is 14.7. The van der Waals surface area contributed by atoms with Gasteiger partial charge in [0.15, 0.2) is 17.5 Å². The Morgan fingerprint density at radius 3 is 2.53 bits per heavy atom. The number of piperidine rings is 1. The molecule has 1 heterocycles. The van der Waals surface area contributed by atoms with Crippen LogP contribution >= 0.6 is 24.0 Å². The molecule has 1 aromatic carbocycles. The number of ether oxygens (including phenoxy) is 2. The van der Waals surface area contributed by atoms with Gasteiger partial charge in [0.25, 0.3) is 0 Å². The van der Waals surface area contributed by atoms with Gasteiger partial charge in [0, 0.05) is 13.1 Å². The van der Waals surface area contributed by atoms with Gasteiger partial charge in [0.05, 0.1) is 26.9 Å². The van der Waals surface area contributed by atoms with Crippen molar-refractivity contribution in [1.82, 2.24) is 15.5 Å². The van der Waals surface area contributed by atoms with Crippen molar-refractivity contribution in [3.63, 3.8) is 0 Å². The Bertz CT molecular complexity index is 637. The van der Waals surface area contributed by atoms with Gasteiger partial charge in [-0.15, -0.1) is 24.0 Å². The van der Waals surface area contributed by atoms with Crippen molar-refractivity contribution in [3.8, 4) is 11.5 Å². The van der Waals surface area contributed by atoms with E-state index in [1.54, 1.807) is 26.4 Å². The zero-order chi connectivity index (χ0) is 21.1. The van der Waals surface area contributed by atoms with Gasteiger partial charge in [-0.25, -0.2) is 0 Å². The zero-order valence-corrected chi connectivity index (χ0v) is 21.1. The number of hydrogen-bond donors (Lipinski definition) is 3. The van der Waals surface area contributed by atoms with Crippen molar-refractivity contribution in [3.05, 3.63) is 23.8 Å². The van der Waals surface area contributed by atoms with Gasteiger partial charge in [0.2, 0.25) is 0 Å². The lowest BCUT2D eigenvalue weighted by molar-refractivity contribution is 0.186. The summed E-state index contributed by atoms with van der Waals surface area (Å²) in [4.78, 5) is 7.09. The molecule has 0 bridgehead atoms. The SMILES string of the molecule is CCNC(=NCC(O)c1ccc(OC)c(OC)c1)NCCCN1CCC(C)CC1.I. The van der Waals surface area contributed by atoms with Gasteiger partial charge in [0.1, 0.15) is 0 Å². The van der Waals surface area contributed by atoms with E-state index in [-0.39, 0.29) is 30.5 Å². The maximum atomic E-state index is 10.5. The highest BCUT2D eigenvalue weighted by molar-refractivity contribution is 14.0. The number of hydrogen-bond acceptors (Lipinski definition) is 5. The molecule has 2 rings (SSSR count). The maximum absolute atomic E-state index is 10.5. The van der Waals surface area contributed by atoms with E-state index >= 15 is 0 Å². The van der Waals surface area contributed by atoms with Crippen molar-refractivity contribution < 1.29 is 14.6 Å². The van der Waals surface area contributed by atoms with Gasteiger partial charge in [-0.05, 0) is 69.4 Å². The molecule has 0 spiro atoms. The van der Waals surface area contributed by atoms with Gasteiger partial charge < -0.3 is 30.1 Å². The highest BCUT2D eigenvalue weighted by atomic mass is 127. The summed E-state index contributed by atoms with van der Waals surface area (Å²) in [6, 6.07) is 5.42. The lowest BCUT2D eigenvalue weighted by Crippen LogP contribution is -2.40. The summed E-state index contributed by atoms with van der Waals surface area (Å²) in [6.07, 6.45) is 2.99. The Morgan fingerprint density at radius 2 is 1.90 bits per heavy atom. The first-order chi connectivity index (χ1) is 14.1. The van der Waals surface area contributed by atoms with Crippen LogP contribution in [0, 0.1) is 5.92 Å². The van der Waals surface area contributed by atoms with Crippen LogP contribution in [-0.2, 0) is 0 Å². The fraction of sp³-hybridized carbons (Fsp3) is 0.682. The fourth-order valence-corrected chi connectivity index (χ4v) is 3.48. The predicted octanol–water partition coefficient (Wildman–Crippen LogP) is 3.03. The van der Waals surface area contributed by atoms with Crippen LogP contribution in [0.5, 0.6) is 11.5 Å². The van der Waals surface area contributed by atoms with Crippen molar-refractivity contribution in [2.24, 2.45) is 10.9 Å². The zero-order valence-electron chi connectivity index (χ0n) is 18.8. The standard InChI is InChI=1S/C22H38N4O3.HI/c1-5-23-22(24-11-6-12-26-13-9-17(2)10-14-26)25-16-19(27)18-7-8-20(28-3)21(15-18)29-4;/h7-8,15,17,19,27H,5-6,9-14,16H2,1-4H3,(H2,23,24,25);1H. The van der Waals surface area contributed by atoms with Crippen molar-refractivity contribution in [2.45, 2.75) is 39.2 Å². The summed E-state index contributed by atoms with van der Waals surface area (Å²) in [7, 11) is 3.18. The number of aliphatic hydroxyl groups is 1. The molecule has 0 aromatic heterocycles. The number of methoxy groups -OCH3 is 2. The smallest absolute Gasteiger partial charge is 0.191 e. The van der Waals surface area contributed by atoms with Gasteiger partial charge >= 0.3 is 0 Å². The molecule has 0 saturated carbocycles. The molecule has 3 N–H and O–H groups in total. The first kappa shape index (κ1) is 26.8. The number of nitrogens with one attached hydrogen (secondary N) is 2. The van der Waals surface area contributed by atoms with E-state index in [1.807, 2.05) is 13.0 Å². The largest absolute Gasteiger partial charge is 0.493 e. The highest BCUT2D eigenvalue weighted by Gasteiger charge is 2.15. The Kier molecular flexibility index (Phi) is 13.1. The molecule has 1 fully saturated rings. The van der Waals surface area contributed by atoms with Crippen molar-refractivity contribution in [1.29, 1.82) is 0 Å². The first-order valence-electron chi connectivity index (χ1n) is 10.7. The molecular formula is C22H39IN4O3. The van der Waals surface area contributed by atoms with Crippen molar-refractivity contribution in [2.75, 3.05) is 53.5 Å². The van der Waals surface area contributed by atoms with E-state index in [9.17, 15) is 5.11 Å². The third-order valence-electron chi connectivity index (χ3n) is 5.38. The second-order valence-corrected chi connectivity index (χ2v) is 7.65. The molecule has 8 heteroatoms. The van der Waals surface area contributed by atoms with E-state index < -0.39 is 6.10 Å². The van der Waals surface area contributed by atoms with Gasteiger partial charge in [-0.2, -0.15) is 0 Å². The first-order valence-corrected chi connectivity index (χ1v) is 10.7. The Hall–Kier alpha value is -1.26. The number of likely N-dealkylation sites (tertiary alicyclic amines) is 1. The molecule has 1 aliphatic heterocycles. The number of halogens is 1. The molecule has 1 unspecified atom stereocenters. The van der Waals surface area contributed by atoms with Gasteiger partial charge in [-0.3, -0.25) is 4.99 Å². The maximum Gasteiger partial charge on any atom is 0.191 e. The topological polar surface area (TPSA) is 78.4 Å². The summed E-state index contributed by atoms with van der Waals surface area (Å²) in [5.41, 5.74) is 0.751. The molecule has 1 saturated heterocycles. The highest BCUT2D eigenvalue weighted by Crippen LogP contribution is 2.30. The third kappa shape index (κ3) is 8.85. The number of guanidine groups is 1. The van der Waals surface area contributed by atoms with E-state index in [1.165, 1.54) is 25.9 Å². The number of benzene rings is 1. The Morgan fingerprint density at radius 1 is 1.20 bits per heavy atom. The van der Waals surface area contributed by atoms with Crippen molar-refractivity contribution >= 4 is 29.9 Å². The van der Waals surface area contributed by atoms with Crippen LogP contribution in [0.4, 0.5) is 0 Å². The van der Waals surface area contributed by atoms with E-state index in [4.69, 9.17) is 9.47 Å². The monoisotopic (exact) mass is 534 g/mol. The average molecular weight is 534 g/mol. The molecular weight excluding hydrogens is 495 g/mol. The molecule has 1 atom stereocenters. The van der Waals surface area contributed by atoms with Crippen LogP contribution in [0.25, 0.3) is 0 Å². The molecule has 1 aromatic rings. The normalized spacial score (nSPS) is 16.5. The summed E-state index contributed by atoms with van der Waals surface area (Å²) in [6.45, 7) is 9.85. The molecule has 0 aliphatic carbocycles. The summed E-state index contributed by atoms with van der Waals surface area (Å²) in [5, 5.41) is 17.1. The van der Waals surface area contributed by atoms with Crippen LogP contribution < -0.4 is 20.1 Å².